The van der Waals surface area contributed by atoms with Crippen LogP contribution in [0.25, 0.3) is 0 Å². The predicted molar refractivity (Wildman–Crippen MR) is 97.7 cm³/mol. The highest BCUT2D eigenvalue weighted by atomic mass is 16.5. The topological polar surface area (TPSA) is 47.6 Å². The molecule has 132 valence electrons. The van der Waals surface area contributed by atoms with Crippen LogP contribution < -0.4 is 10.1 Å². The Balaban J connectivity index is 1.75. The van der Waals surface area contributed by atoms with E-state index in [9.17, 15) is 4.79 Å². The molecule has 4 heteroatoms. The van der Waals surface area contributed by atoms with Crippen LogP contribution in [-0.2, 0) is 9.53 Å². The fourth-order valence-corrected chi connectivity index (χ4v) is 3.30. The molecule has 1 fully saturated rings. The summed E-state index contributed by atoms with van der Waals surface area (Å²) in [5, 5.41) is 3.05. The second-order valence-corrected chi connectivity index (χ2v) is 6.51. The second kappa shape index (κ2) is 8.17. The molecule has 1 heterocycles. The molecule has 1 aliphatic rings. The van der Waals surface area contributed by atoms with Crippen LogP contribution in [-0.4, -0.2) is 18.1 Å². The van der Waals surface area contributed by atoms with Crippen LogP contribution in [0.1, 0.15) is 44.8 Å². The number of para-hydroxylation sites is 1. The third-order valence-electron chi connectivity index (χ3n) is 4.47. The van der Waals surface area contributed by atoms with E-state index in [-0.39, 0.29) is 24.2 Å². The van der Waals surface area contributed by atoms with E-state index in [0.29, 0.717) is 0 Å². The maximum Gasteiger partial charge on any atom is 0.217 e. The van der Waals surface area contributed by atoms with Crippen molar-refractivity contribution in [2.45, 2.75) is 51.4 Å². The number of hydrogen-bond acceptors (Lipinski definition) is 3. The van der Waals surface area contributed by atoms with Crippen molar-refractivity contribution in [1.29, 1.82) is 0 Å². The molecule has 25 heavy (non-hydrogen) atoms. The molecular formula is C21H25NO3. The lowest BCUT2D eigenvalue weighted by molar-refractivity contribution is -0.122. The molecule has 0 radical (unpaired) electrons. The van der Waals surface area contributed by atoms with Gasteiger partial charge in [-0.15, -0.1) is 0 Å². The zero-order valence-corrected chi connectivity index (χ0v) is 14.8. The predicted octanol–water partition coefficient (Wildman–Crippen LogP) is 4.61. The Hall–Kier alpha value is -2.33. The van der Waals surface area contributed by atoms with Gasteiger partial charge in [0.05, 0.1) is 12.2 Å². The van der Waals surface area contributed by atoms with E-state index in [1.165, 1.54) is 0 Å². The van der Waals surface area contributed by atoms with E-state index in [1.54, 1.807) is 6.92 Å². The van der Waals surface area contributed by atoms with Gasteiger partial charge in [-0.05, 0) is 49.1 Å². The molecule has 1 saturated heterocycles. The van der Waals surface area contributed by atoms with Gasteiger partial charge in [-0.1, -0.05) is 37.3 Å². The SMILES string of the molecule is CC[C@H]1C[C@@H](NC(C)=O)C[C@@H](c2cccc(Oc3ccccc3)c2)O1. The maximum atomic E-state index is 11.4. The van der Waals surface area contributed by atoms with E-state index in [2.05, 4.69) is 18.3 Å². The first kappa shape index (κ1) is 17.5. The molecule has 2 aromatic carbocycles. The zero-order valence-electron chi connectivity index (χ0n) is 14.8. The summed E-state index contributed by atoms with van der Waals surface area (Å²) in [7, 11) is 0. The molecule has 0 spiro atoms. The van der Waals surface area contributed by atoms with E-state index in [1.807, 2.05) is 48.5 Å². The van der Waals surface area contributed by atoms with Crippen LogP contribution in [0.3, 0.4) is 0 Å². The molecule has 1 aliphatic heterocycles. The van der Waals surface area contributed by atoms with Gasteiger partial charge in [0.2, 0.25) is 5.91 Å². The number of benzene rings is 2. The molecule has 0 aromatic heterocycles. The summed E-state index contributed by atoms with van der Waals surface area (Å²) in [4.78, 5) is 11.4. The lowest BCUT2D eigenvalue weighted by Crippen LogP contribution is -2.42. The molecule has 2 aromatic rings. The van der Waals surface area contributed by atoms with Crippen molar-refractivity contribution in [1.82, 2.24) is 5.32 Å². The summed E-state index contributed by atoms with van der Waals surface area (Å²) >= 11 is 0. The number of hydrogen-bond donors (Lipinski definition) is 1. The summed E-state index contributed by atoms with van der Waals surface area (Å²) in [6, 6.07) is 17.9. The van der Waals surface area contributed by atoms with Crippen molar-refractivity contribution < 1.29 is 14.3 Å². The molecule has 0 aliphatic carbocycles. The molecule has 0 bridgehead atoms. The third-order valence-corrected chi connectivity index (χ3v) is 4.47. The number of ether oxygens (including phenoxy) is 2. The lowest BCUT2D eigenvalue weighted by Gasteiger charge is -2.35. The first-order chi connectivity index (χ1) is 12.1. The first-order valence-corrected chi connectivity index (χ1v) is 8.89. The van der Waals surface area contributed by atoms with Gasteiger partial charge in [0.1, 0.15) is 11.5 Å². The average molecular weight is 339 g/mol. The Labute approximate surface area is 149 Å². The van der Waals surface area contributed by atoms with Gasteiger partial charge < -0.3 is 14.8 Å². The van der Waals surface area contributed by atoms with Crippen LogP contribution in [0.2, 0.25) is 0 Å². The third kappa shape index (κ3) is 4.83. The van der Waals surface area contributed by atoms with Gasteiger partial charge >= 0.3 is 0 Å². The van der Waals surface area contributed by atoms with Crippen LogP contribution >= 0.6 is 0 Å². The smallest absolute Gasteiger partial charge is 0.217 e. The summed E-state index contributed by atoms with van der Waals surface area (Å²) in [5.41, 5.74) is 1.09. The van der Waals surface area contributed by atoms with Crippen LogP contribution in [0.5, 0.6) is 11.5 Å². The van der Waals surface area contributed by atoms with Gasteiger partial charge in [0.15, 0.2) is 0 Å². The highest BCUT2D eigenvalue weighted by Gasteiger charge is 2.30. The van der Waals surface area contributed by atoms with Crippen molar-refractivity contribution in [2.75, 3.05) is 0 Å². The molecule has 1 N–H and O–H groups in total. The normalized spacial score (nSPS) is 23.0. The highest BCUT2D eigenvalue weighted by Crippen LogP contribution is 2.34. The number of nitrogens with one attached hydrogen (secondary N) is 1. The minimum Gasteiger partial charge on any atom is -0.457 e. The van der Waals surface area contributed by atoms with Crippen molar-refractivity contribution in [3.63, 3.8) is 0 Å². The summed E-state index contributed by atoms with van der Waals surface area (Å²) in [5.74, 6) is 1.62. The van der Waals surface area contributed by atoms with Crippen molar-refractivity contribution in [3.8, 4) is 11.5 Å². The van der Waals surface area contributed by atoms with Gasteiger partial charge in [-0.3, -0.25) is 4.79 Å². The fraction of sp³-hybridized carbons (Fsp3) is 0.381. The largest absolute Gasteiger partial charge is 0.457 e. The molecular weight excluding hydrogens is 314 g/mol. The second-order valence-electron chi connectivity index (χ2n) is 6.51. The van der Waals surface area contributed by atoms with E-state index < -0.39 is 0 Å². The van der Waals surface area contributed by atoms with Gasteiger partial charge in [-0.25, -0.2) is 0 Å². The summed E-state index contributed by atoms with van der Waals surface area (Å²) in [6.45, 7) is 3.69. The molecule has 0 unspecified atom stereocenters. The summed E-state index contributed by atoms with van der Waals surface area (Å²) in [6.07, 6.45) is 2.72. The number of carbonyl (C=O) groups excluding carboxylic acids is 1. The Morgan fingerprint density at radius 1 is 1.12 bits per heavy atom. The van der Waals surface area contributed by atoms with Crippen LogP contribution in [0.15, 0.2) is 54.6 Å². The number of amides is 1. The van der Waals surface area contributed by atoms with Gasteiger partial charge in [-0.2, -0.15) is 0 Å². The van der Waals surface area contributed by atoms with Gasteiger partial charge in [0, 0.05) is 13.0 Å². The zero-order chi connectivity index (χ0) is 17.6. The Morgan fingerprint density at radius 2 is 1.88 bits per heavy atom. The first-order valence-electron chi connectivity index (χ1n) is 8.89. The van der Waals surface area contributed by atoms with Gasteiger partial charge in [0.25, 0.3) is 0 Å². The van der Waals surface area contributed by atoms with E-state index in [0.717, 1.165) is 36.3 Å². The highest BCUT2D eigenvalue weighted by molar-refractivity contribution is 5.73. The molecule has 3 rings (SSSR count). The minimum atomic E-state index is -0.0325. The number of rotatable bonds is 5. The van der Waals surface area contributed by atoms with E-state index >= 15 is 0 Å². The molecule has 3 atom stereocenters. The van der Waals surface area contributed by atoms with Crippen molar-refractivity contribution in [3.05, 3.63) is 60.2 Å². The minimum absolute atomic E-state index is 0.0154. The monoisotopic (exact) mass is 339 g/mol. The van der Waals surface area contributed by atoms with Crippen molar-refractivity contribution >= 4 is 5.91 Å². The number of carbonyl (C=O) groups is 1. The molecule has 1 amide bonds. The van der Waals surface area contributed by atoms with Crippen LogP contribution in [0, 0.1) is 0 Å². The summed E-state index contributed by atoms with van der Waals surface area (Å²) < 4.78 is 12.2. The average Bonchev–Trinajstić information content (AvgIpc) is 2.62. The Kier molecular flexibility index (Phi) is 5.71. The molecule has 4 nitrogen and oxygen atoms in total. The van der Waals surface area contributed by atoms with Crippen LogP contribution in [0.4, 0.5) is 0 Å². The maximum absolute atomic E-state index is 11.4. The van der Waals surface area contributed by atoms with Crippen molar-refractivity contribution in [2.24, 2.45) is 0 Å². The fourth-order valence-electron chi connectivity index (χ4n) is 3.30. The van der Waals surface area contributed by atoms with E-state index in [4.69, 9.17) is 9.47 Å². The standard InChI is InChI=1S/C21H25NO3/c1-3-18-13-17(22-15(2)23)14-21(25-18)16-8-7-11-20(12-16)24-19-9-5-4-6-10-19/h4-12,17-18,21H,3,13-14H2,1-2H3,(H,22,23)/t17-,18+,21+/m1/s1. The molecule has 0 saturated carbocycles. The quantitative estimate of drug-likeness (QED) is 0.865. The Morgan fingerprint density at radius 3 is 2.60 bits per heavy atom. The Bertz CT molecular complexity index is 701. The lowest BCUT2D eigenvalue weighted by atomic mass is 9.93.